The van der Waals surface area contributed by atoms with E-state index in [9.17, 15) is 9.18 Å². The Balaban J connectivity index is 2.11. The highest BCUT2D eigenvalue weighted by molar-refractivity contribution is 9.11. The average molecular weight is 432 g/mol. The molecule has 0 saturated heterocycles. The lowest BCUT2D eigenvalue weighted by atomic mass is 10.1. The van der Waals surface area contributed by atoms with Gasteiger partial charge in [0.1, 0.15) is 18.2 Å². The largest absolute Gasteiger partial charge is 0.486 e. The van der Waals surface area contributed by atoms with E-state index in [0.29, 0.717) is 26.7 Å². The first kappa shape index (κ1) is 17.0. The average Bonchev–Trinajstić information content (AvgIpc) is 2.46. The molecule has 0 atom stereocenters. The van der Waals surface area contributed by atoms with Crippen molar-refractivity contribution < 1.29 is 19.0 Å². The number of aryl methyl sites for hydroxylation is 1. The van der Waals surface area contributed by atoms with Crippen molar-refractivity contribution in [2.45, 2.75) is 19.4 Å². The molecule has 2 rings (SSSR count). The van der Waals surface area contributed by atoms with Crippen LogP contribution in [0.2, 0.25) is 0 Å². The normalized spacial score (nSPS) is 10.5. The van der Waals surface area contributed by atoms with E-state index in [2.05, 4.69) is 31.9 Å². The van der Waals surface area contributed by atoms with Crippen LogP contribution in [0.4, 0.5) is 4.39 Å². The summed E-state index contributed by atoms with van der Waals surface area (Å²) in [5, 5.41) is 8.72. The molecule has 0 radical (unpaired) electrons. The molecular formula is C16H13Br2FO3. The number of carboxylic acid groups (broad SMARTS) is 1. The van der Waals surface area contributed by atoms with E-state index in [1.807, 2.05) is 12.1 Å². The van der Waals surface area contributed by atoms with Crippen LogP contribution in [0.5, 0.6) is 5.75 Å². The molecule has 2 aromatic rings. The molecule has 0 spiro atoms. The quantitative estimate of drug-likeness (QED) is 0.703. The zero-order valence-corrected chi connectivity index (χ0v) is 14.7. The monoisotopic (exact) mass is 430 g/mol. The van der Waals surface area contributed by atoms with Crippen molar-refractivity contribution in [3.63, 3.8) is 0 Å². The van der Waals surface area contributed by atoms with Crippen LogP contribution >= 0.6 is 31.9 Å². The third-order valence-corrected chi connectivity index (χ3v) is 4.19. The van der Waals surface area contributed by atoms with Crippen molar-refractivity contribution in [2.24, 2.45) is 0 Å². The molecule has 6 heteroatoms. The van der Waals surface area contributed by atoms with E-state index >= 15 is 0 Å². The van der Waals surface area contributed by atoms with Gasteiger partial charge in [-0.05, 0) is 62.0 Å². The van der Waals surface area contributed by atoms with Crippen molar-refractivity contribution in [2.75, 3.05) is 0 Å². The van der Waals surface area contributed by atoms with Crippen LogP contribution in [0.25, 0.3) is 0 Å². The number of carbonyl (C=O) groups is 1. The van der Waals surface area contributed by atoms with Gasteiger partial charge in [0.15, 0.2) is 0 Å². The first-order valence-corrected chi connectivity index (χ1v) is 8.12. The van der Waals surface area contributed by atoms with E-state index in [-0.39, 0.29) is 18.8 Å². The lowest BCUT2D eigenvalue weighted by molar-refractivity contribution is -0.136. The van der Waals surface area contributed by atoms with Crippen molar-refractivity contribution in [3.05, 3.63) is 62.3 Å². The zero-order chi connectivity index (χ0) is 16.1. The molecule has 0 aliphatic carbocycles. The number of hydrogen-bond acceptors (Lipinski definition) is 2. The van der Waals surface area contributed by atoms with E-state index < -0.39 is 5.97 Å². The molecule has 0 unspecified atom stereocenters. The Morgan fingerprint density at radius 3 is 2.41 bits per heavy atom. The molecule has 0 bridgehead atoms. The highest BCUT2D eigenvalue weighted by atomic mass is 79.9. The fourth-order valence-electron chi connectivity index (χ4n) is 1.91. The molecule has 0 amide bonds. The lowest BCUT2D eigenvalue weighted by Crippen LogP contribution is -2.01. The Bertz CT molecular complexity index is 666. The fourth-order valence-corrected chi connectivity index (χ4v) is 3.42. The maximum atomic E-state index is 13.6. The van der Waals surface area contributed by atoms with Crippen LogP contribution in [0.15, 0.2) is 45.3 Å². The van der Waals surface area contributed by atoms with E-state index in [1.165, 1.54) is 6.07 Å². The molecule has 3 nitrogen and oxygen atoms in total. The van der Waals surface area contributed by atoms with E-state index in [0.717, 1.165) is 5.56 Å². The summed E-state index contributed by atoms with van der Waals surface area (Å²) < 4.78 is 20.6. The predicted molar refractivity (Wildman–Crippen MR) is 88.5 cm³/mol. The number of benzene rings is 2. The van der Waals surface area contributed by atoms with Crippen molar-refractivity contribution in [1.29, 1.82) is 0 Å². The second-order valence-electron chi connectivity index (χ2n) is 4.66. The summed E-state index contributed by atoms with van der Waals surface area (Å²) in [5.41, 5.74) is 1.34. The van der Waals surface area contributed by atoms with Gasteiger partial charge in [-0.3, -0.25) is 4.79 Å². The highest BCUT2D eigenvalue weighted by Crippen LogP contribution is 2.35. The molecule has 0 aliphatic rings. The molecule has 1 N–H and O–H groups in total. The molecule has 0 aliphatic heterocycles. The Labute approximate surface area is 144 Å². The molecule has 116 valence electrons. The maximum absolute atomic E-state index is 13.6. The van der Waals surface area contributed by atoms with Gasteiger partial charge in [-0.1, -0.05) is 18.2 Å². The number of aliphatic carboxylic acids is 1. The van der Waals surface area contributed by atoms with Gasteiger partial charge in [0.25, 0.3) is 0 Å². The maximum Gasteiger partial charge on any atom is 0.303 e. The van der Waals surface area contributed by atoms with Gasteiger partial charge in [0.05, 0.1) is 8.95 Å². The van der Waals surface area contributed by atoms with Crippen LogP contribution in [0.3, 0.4) is 0 Å². The topological polar surface area (TPSA) is 46.5 Å². The van der Waals surface area contributed by atoms with Gasteiger partial charge < -0.3 is 9.84 Å². The van der Waals surface area contributed by atoms with Gasteiger partial charge in [-0.25, -0.2) is 4.39 Å². The number of carboxylic acids is 1. The Morgan fingerprint density at radius 1 is 1.18 bits per heavy atom. The molecule has 2 aromatic carbocycles. The minimum absolute atomic E-state index is 0.0638. The molecule has 22 heavy (non-hydrogen) atoms. The predicted octanol–water partition coefficient (Wildman–Crippen LogP) is 4.95. The summed E-state index contributed by atoms with van der Waals surface area (Å²) in [7, 11) is 0. The fraction of sp³-hybridized carbons (Fsp3) is 0.188. The lowest BCUT2D eigenvalue weighted by Gasteiger charge is -2.12. The molecule has 0 aromatic heterocycles. The summed E-state index contributed by atoms with van der Waals surface area (Å²) in [4.78, 5) is 10.6. The van der Waals surface area contributed by atoms with Gasteiger partial charge in [0.2, 0.25) is 0 Å². The summed E-state index contributed by atoms with van der Waals surface area (Å²) >= 11 is 6.80. The zero-order valence-electron chi connectivity index (χ0n) is 11.5. The third kappa shape index (κ3) is 4.55. The Kier molecular flexibility index (Phi) is 5.97. The summed E-state index contributed by atoms with van der Waals surface area (Å²) in [5.74, 6) is -0.595. The number of ether oxygens (including phenoxy) is 1. The highest BCUT2D eigenvalue weighted by Gasteiger charge is 2.11. The SMILES string of the molecule is O=C(O)CCc1cc(Br)c(OCc2ccccc2F)c(Br)c1. The second-order valence-corrected chi connectivity index (χ2v) is 6.37. The second kappa shape index (κ2) is 7.74. The first-order valence-electron chi connectivity index (χ1n) is 6.53. The van der Waals surface area contributed by atoms with Gasteiger partial charge in [-0.2, -0.15) is 0 Å². The van der Waals surface area contributed by atoms with E-state index in [1.54, 1.807) is 18.2 Å². The van der Waals surface area contributed by atoms with Gasteiger partial charge in [0, 0.05) is 12.0 Å². The molecule has 0 fully saturated rings. The summed E-state index contributed by atoms with van der Waals surface area (Å²) in [6.07, 6.45) is 0.494. The van der Waals surface area contributed by atoms with Crippen molar-refractivity contribution in [1.82, 2.24) is 0 Å². The van der Waals surface area contributed by atoms with Crippen LogP contribution < -0.4 is 4.74 Å². The third-order valence-electron chi connectivity index (χ3n) is 3.02. The molecular weight excluding hydrogens is 419 g/mol. The Hall–Kier alpha value is -1.40. The van der Waals surface area contributed by atoms with Crippen LogP contribution in [-0.2, 0) is 17.8 Å². The van der Waals surface area contributed by atoms with E-state index in [4.69, 9.17) is 9.84 Å². The summed E-state index contributed by atoms with van der Waals surface area (Å²) in [6, 6.07) is 10.0. The standard InChI is InChI=1S/C16H13Br2FO3/c17-12-7-10(5-6-15(20)21)8-13(18)16(12)22-9-11-3-1-2-4-14(11)19/h1-4,7-8H,5-6,9H2,(H,20,21). The van der Waals surface area contributed by atoms with Gasteiger partial charge >= 0.3 is 5.97 Å². The number of halogens is 3. The van der Waals surface area contributed by atoms with Crippen LogP contribution in [0, 0.1) is 5.82 Å². The Morgan fingerprint density at radius 2 is 1.82 bits per heavy atom. The van der Waals surface area contributed by atoms with Crippen molar-refractivity contribution in [3.8, 4) is 5.75 Å². The van der Waals surface area contributed by atoms with Crippen molar-refractivity contribution >= 4 is 37.8 Å². The molecule has 0 saturated carbocycles. The number of hydrogen-bond donors (Lipinski definition) is 1. The molecule has 0 heterocycles. The van der Waals surface area contributed by atoms with Gasteiger partial charge in [-0.15, -0.1) is 0 Å². The minimum Gasteiger partial charge on any atom is -0.486 e. The number of rotatable bonds is 6. The summed E-state index contributed by atoms with van der Waals surface area (Å²) in [6.45, 7) is 0.109. The minimum atomic E-state index is -0.841. The first-order chi connectivity index (χ1) is 10.5. The smallest absolute Gasteiger partial charge is 0.303 e. The van der Waals surface area contributed by atoms with Crippen LogP contribution in [-0.4, -0.2) is 11.1 Å². The van der Waals surface area contributed by atoms with Crippen LogP contribution in [0.1, 0.15) is 17.5 Å².